The van der Waals surface area contributed by atoms with Crippen LogP contribution in [0.2, 0.25) is 0 Å². The first-order chi connectivity index (χ1) is 13.5. The molecule has 0 saturated heterocycles. The lowest BCUT2D eigenvalue weighted by molar-refractivity contribution is -0.289. The van der Waals surface area contributed by atoms with Gasteiger partial charge >= 0.3 is 12.1 Å². The second kappa shape index (κ2) is 7.44. The third-order valence-electron chi connectivity index (χ3n) is 4.57. The van der Waals surface area contributed by atoms with Gasteiger partial charge in [0.05, 0.1) is 0 Å². The lowest BCUT2D eigenvalue weighted by Gasteiger charge is -2.33. The highest BCUT2D eigenvalue weighted by molar-refractivity contribution is 8.29. The van der Waals surface area contributed by atoms with Crippen molar-refractivity contribution in [2.75, 3.05) is 0 Å². The molecule has 0 aromatic heterocycles. The van der Waals surface area contributed by atoms with Gasteiger partial charge < -0.3 is 0 Å². The van der Waals surface area contributed by atoms with Crippen molar-refractivity contribution in [1.82, 2.24) is 0 Å². The van der Waals surface area contributed by atoms with Gasteiger partial charge in [-0.05, 0) is 60.7 Å². The second-order valence-corrected chi connectivity index (χ2v) is 9.25. The molecule has 0 spiro atoms. The number of hydrogen-bond acceptors (Lipinski definition) is 0. The van der Waals surface area contributed by atoms with Crippen LogP contribution in [0, 0.1) is 13.8 Å². The number of rotatable bonds is 4. The van der Waals surface area contributed by atoms with Crippen LogP contribution < -0.4 is 0 Å². The van der Waals surface area contributed by atoms with Gasteiger partial charge in [-0.15, -0.1) is 0 Å². The summed E-state index contributed by atoms with van der Waals surface area (Å²) in [6.07, 6.45) is -5.77. The Bertz CT molecular complexity index is 946. The van der Waals surface area contributed by atoms with Gasteiger partial charge in [0.1, 0.15) is 0 Å². The smallest absolute Gasteiger partial charge is 0.191 e. The molecule has 0 bridgehead atoms. The average Bonchev–Trinajstić information content (AvgIpc) is 2.67. The molecule has 154 valence electrons. The summed E-state index contributed by atoms with van der Waals surface area (Å²) in [5.41, 5.74) is 0.463. The van der Waals surface area contributed by atoms with E-state index in [-0.39, 0.29) is 14.7 Å². The molecule has 0 nitrogen and oxygen atoms in total. The number of halogens is 6. The van der Waals surface area contributed by atoms with Crippen LogP contribution in [0.3, 0.4) is 0 Å². The van der Waals surface area contributed by atoms with E-state index in [0.717, 1.165) is 17.2 Å². The number of hydrogen-bond donors (Lipinski definition) is 0. The maximum absolute atomic E-state index is 16.7. The molecular weight excluding hydrogens is 410 g/mol. The van der Waals surface area contributed by atoms with Gasteiger partial charge in [0, 0.05) is 20.2 Å². The van der Waals surface area contributed by atoms with Gasteiger partial charge in [-0.1, -0.05) is 47.5 Å². The van der Waals surface area contributed by atoms with Crippen molar-refractivity contribution in [2.45, 2.75) is 40.6 Å². The summed E-state index contributed by atoms with van der Waals surface area (Å²) < 4.78 is 83.0. The third-order valence-corrected chi connectivity index (χ3v) is 7.32. The zero-order valence-electron chi connectivity index (χ0n) is 15.6. The molecule has 0 N–H and O–H groups in total. The zero-order chi connectivity index (χ0) is 21.4. The van der Waals surface area contributed by atoms with E-state index in [9.17, 15) is 22.0 Å². The molecule has 0 aliphatic rings. The molecule has 3 aromatic rings. The molecule has 0 radical (unpaired) electrons. The van der Waals surface area contributed by atoms with Gasteiger partial charge in [-0.3, -0.25) is 0 Å². The SMILES string of the molecule is Cc1ccc(S(F)(c2ccc(C)cc2)c2cccc(C(F)(F)C(F)(F)F)c2)cc1. The fraction of sp³-hybridized carbons (Fsp3) is 0.182. The van der Waals surface area contributed by atoms with Gasteiger partial charge in [0.2, 0.25) is 0 Å². The van der Waals surface area contributed by atoms with Gasteiger partial charge in [0.25, 0.3) is 0 Å². The molecule has 0 heterocycles. The first kappa shape index (κ1) is 21.3. The molecule has 0 aliphatic heterocycles. The van der Waals surface area contributed by atoms with Crippen LogP contribution in [0.25, 0.3) is 0 Å². The van der Waals surface area contributed by atoms with E-state index >= 15 is 3.89 Å². The van der Waals surface area contributed by atoms with Gasteiger partial charge in [-0.2, -0.15) is 25.8 Å². The zero-order valence-corrected chi connectivity index (χ0v) is 16.4. The predicted octanol–water partition coefficient (Wildman–Crippen LogP) is 8.12. The number of aryl methyl sites for hydroxylation is 2. The van der Waals surface area contributed by atoms with Gasteiger partial charge in [-0.25, -0.2) is 0 Å². The van der Waals surface area contributed by atoms with Crippen molar-refractivity contribution in [1.29, 1.82) is 0 Å². The van der Waals surface area contributed by atoms with Gasteiger partial charge in [0.15, 0.2) is 0 Å². The van der Waals surface area contributed by atoms with Crippen molar-refractivity contribution in [3.8, 4) is 0 Å². The van der Waals surface area contributed by atoms with Crippen LogP contribution >= 0.6 is 10.4 Å². The third kappa shape index (κ3) is 3.88. The number of alkyl halides is 5. The Morgan fingerprint density at radius 2 is 1.07 bits per heavy atom. The first-order valence-electron chi connectivity index (χ1n) is 8.68. The fourth-order valence-electron chi connectivity index (χ4n) is 2.89. The monoisotopic (exact) mass is 428 g/mol. The maximum Gasteiger partial charge on any atom is 0.458 e. The Morgan fingerprint density at radius 1 is 0.621 bits per heavy atom. The van der Waals surface area contributed by atoms with Crippen LogP contribution in [-0.4, -0.2) is 6.18 Å². The lowest BCUT2D eigenvalue weighted by Crippen LogP contribution is -2.33. The molecule has 3 rings (SSSR count). The van der Waals surface area contributed by atoms with Crippen molar-refractivity contribution < 1.29 is 25.8 Å². The van der Waals surface area contributed by atoms with Crippen molar-refractivity contribution in [3.63, 3.8) is 0 Å². The summed E-state index contributed by atoms with van der Waals surface area (Å²) in [6.45, 7) is 3.63. The lowest BCUT2D eigenvalue weighted by atomic mass is 10.1. The molecule has 3 aromatic carbocycles. The average molecular weight is 428 g/mol. The van der Waals surface area contributed by atoms with Crippen LogP contribution in [0.4, 0.5) is 25.8 Å². The second-order valence-electron chi connectivity index (χ2n) is 6.76. The Hall–Kier alpha value is -2.41. The van der Waals surface area contributed by atoms with Crippen LogP contribution in [0.15, 0.2) is 87.5 Å². The molecule has 0 aliphatic carbocycles. The summed E-state index contributed by atoms with van der Waals surface area (Å²) in [6, 6.07) is 16.5. The summed E-state index contributed by atoms with van der Waals surface area (Å²) in [7, 11) is -3.54. The molecular formula is C22H18F6S. The Morgan fingerprint density at radius 3 is 1.48 bits per heavy atom. The van der Waals surface area contributed by atoms with E-state index in [1.165, 1.54) is 6.07 Å². The minimum Gasteiger partial charge on any atom is -0.191 e. The van der Waals surface area contributed by atoms with E-state index in [1.54, 1.807) is 48.5 Å². The maximum atomic E-state index is 16.7. The topological polar surface area (TPSA) is 0 Å². The summed E-state index contributed by atoms with van der Waals surface area (Å²) >= 11 is 0. The van der Waals surface area contributed by atoms with E-state index in [2.05, 4.69) is 0 Å². The van der Waals surface area contributed by atoms with E-state index in [0.29, 0.717) is 12.1 Å². The molecule has 0 fully saturated rings. The predicted molar refractivity (Wildman–Crippen MR) is 102 cm³/mol. The fourth-order valence-corrected chi connectivity index (χ4v) is 5.28. The number of benzene rings is 3. The van der Waals surface area contributed by atoms with E-state index in [1.807, 2.05) is 13.8 Å². The largest absolute Gasteiger partial charge is 0.458 e. The highest BCUT2D eigenvalue weighted by Gasteiger charge is 2.58. The van der Waals surface area contributed by atoms with E-state index < -0.39 is 28.1 Å². The highest BCUT2D eigenvalue weighted by atomic mass is 32.3. The van der Waals surface area contributed by atoms with Crippen LogP contribution in [0.5, 0.6) is 0 Å². The Labute approximate surface area is 166 Å². The minimum absolute atomic E-state index is 0.216. The van der Waals surface area contributed by atoms with Crippen molar-refractivity contribution >= 4 is 10.4 Å². The summed E-state index contributed by atoms with van der Waals surface area (Å²) in [5, 5.41) is 0. The Kier molecular flexibility index (Phi) is 5.47. The van der Waals surface area contributed by atoms with Crippen molar-refractivity contribution in [3.05, 3.63) is 89.5 Å². The molecule has 0 amide bonds. The van der Waals surface area contributed by atoms with E-state index in [4.69, 9.17) is 0 Å². The minimum atomic E-state index is -5.77. The summed E-state index contributed by atoms with van der Waals surface area (Å²) in [5.74, 6) is -5.08. The Balaban J connectivity index is 2.24. The molecule has 29 heavy (non-hydrogen) atoms. The summed E-state index contributed by atoms with van der Waals surface area (Å²) in [4.78, 5) is 0.227. The quantitative estimate of drug-likeness (QED) is 0.368. The van der Waals surface area contributed by atoms with Crippen molar-refractivity contribution in [2.24, 2.45) is 0 Å². The molecule has 0 saturated carbocycles. The first-order valence-corrected chi connectivity index (χ1v) is 10.2. The molecule has 0 unspecified atom stereocenters. The highest BCUT2D eigenvalue weighted by Crippen LogP contribution is 2.70. The van der Waals surface area contributed by atoms with Crippen LogP contribution in [0.1, 0.15) is 16.7 Å². The normalized spacial score (nSPS) is 13.4. The molecule has 7 heteroatoms. The standard InChI is InChI=1S/C22H18F6S/c1-15-6-10-18(11-7-15)29(28,19-12-8-16(2)9-13-19)20-5-3-4-17(14-20)21(23,24)22(25,26)27/h3-14H,1-2H3. The van der Waals surface area contributed by atoms with Crippen LogP contribution in [-0.2, 0) is 5.92 Å². The molecule has 0 atom stereocenters.